The lowest BCUT2D eigenvalue weighted by Crippen LogP contribution is -2.67. The van der Waals surface area contributed by atoms with Crippen molar-refractivity contribution in [3.05, 3.63) is 72.6 Å². The van der Waals surface area contributed by atoms with Gasteiger partial charge in [0.2, 0.25) is 0 Å². The van der Waals surface area contributed by atoms with Crippen molar-refractivity contribution in [1.82, 2.24) is 0 Å². The van der Waals surface area contributed by atoms with Crippen molar-refractivity contribution in [2.45, 2.75) is 58.1 Å². The van der Waals surface area contributed by atoms with Gasteiger partial charge in [0.1, 0.15) is 0 Å². The third kappa shape index (κ3) is 7.37. The van der Waals surface area contributed by atoms with Gasteiger partial charge in [-0.3, -0.25) is 4.18 Å². The van der Waals surface area contributed by atoms with Crippen LogP contribution in [0.5, 0.6) is 0 Å². The molecular formula is C25H35FO4SSi. The number of hydrogen-bond acceptors (Lipinski definition) is 4. The predicted molar refractivity (Wildman–Crippen MR) is 132 cm³/mol. The van der Waals surface area contributed by atoms with Gasteiger partial charge in [0, 0.05) is 12.5 Å². The van der Waals surface area contributed by atoms with Gasteiger partial charge in [0.25, 0.3) is 18.4 Å². The van der Waals surface area contributed by atoms with Crippen molar-refractivity contribution in [3.8, 4) is 0 Å². The van der Waals surface area contributed by atoms with Crippen molar-refractivity contribution in [2.24, 2.45) is 0 Å². The summed E-state index contributed by atoms with van der Waals surface area (Å²) in [5, 5.41) is 2.25. The molecule has 2 aromatic carbocycles. The minimum Gasteiger partial charge on any atom is -0.405 e. The quantitative estimate of drug-likeness (QED) is 0.260. The molecule has 7 heteroatoms. The summed E-state index contributed by atoms with van der Waals surface area (Å²) in [6.07, 6.45) is 3.19. The van der Waals surface area contributed by atoms with E-state index in [0.717, 1.165) is 6.26 Å². The average molecular weight is 479 g/mol. The molecule has 1 unspecified atom stereocenters. The van der Waals surface area contributed by atoms with Crippen LogP contribution in [0.15, 0.2) is 72.6 Å². The van der Waals surface area contributed by atoms with E-state index in [-0.39, 0.29) is 36.4 Å². The highest BCUT2D eigenvalue weighted by molar-refractivity contribution is 7.85. The Balaban J connectivity index is 2.20. The fourth-order valence-corrected chi connectivity index (χ4v) is 9.05. The Morgan fingerprint density at radius 1 is 1.03 bits per heavy atom. The van der Waals surface area contributed by atoms with Crippen LogP contribution >= 0.6 is 0 Å². The topological polar surface area (TPSA) is 52.6 Å². The standard InChI is InChI=1S/C25H35FO4SSi/c1-21(18-19-22(26)13-12-20-29-31(5,27)28)30-32(25(2,3)4,23-14-8-6-9-15-23)24-16-10-7-11-17-24/h6-11,13-17,21H,12,18-20H2,1-5H3. The summed E-state index contributed by atoms with van der Waals surface area (Å²) in [6, 6.07) is 20.7. The van der Waals surface area contributed by atoms with Gasteiger partial charge in [-0.2, -0.15) is 8.42 Å². The van der Waals surface area contributed by atoms with Crippen LogP contribution in [0, 0.1) is 0 Å². The van der Waals surface area contributed by atoms with Crippen LogP contribution in [-0.2, 0) is 18.7 Å². The highest BCUT2D eigenvalue weighted by Gasteiger charge is 2.50. The molecule has 0 N–H and O–H groups in total. The van der Waals surface area contributed by atoms with E-state index >= 15 is 0 Å². The highest BCUT2D eigenvalue weighted by atomic mass is 32.2. The monoisotopic (exact) mass is 478 g/mol. The second-order valence-corrected chi connectivity index (χ2v) is 15.0. The molecule has 176 valence electrons. The first kappa shape index (κ1) is 26.4. The lowest BCUT2D eigenvalue weighted by Gasteiger charge is -2.44. The van der Waals surface area contributed by atoms with Gasteiger partial charge in [0.15, 0.2) is 0 Å². The van der Waals surface area contributed by atoms with Gasteiger partial charge in [-0.25, -0.2) is 4.39 Å². The molecule has 1 atom stereocenters. The molecule has 4 nitrogen and oxygen atoms in total. The minimum absolute atomic E-state index is 0.0552. The molecule has 2 aromatic rings. The van der Waals surface area contributed by atoms with Crippen LogP contribution in [0.2, 0.25) is 5.04 Å². The molecular weight excluding hydrogens is 443 g/mol. The maximum absolute atomic E-state index is 14.3. The van der Waals surface area contributed by atoms with Crippen molar-refractivity contribution in [3.63, 3.8) is 0 Å². The first-order chi connectivity index (χ1) is 15.0. The van der Waals surface area contributed by atoms with E-state index in [0.29, 0.717) is 6.42 Å². The van der Waals surface area contributed by atoms with Crippen LogP contribution in [-0.4, -0.2) is 35.7 Å². The SMILES string of the molecule is CC(CCC(F)=CCCOS(C)(=O)=O)O[Si](c1ccccc1)(c1ccccc1)C(C)(C)C. The molecule has 0 amide bonds. The predicted octanol–water partition coefficient (Wildman–Crippen LogP) is 4.95. The number of benzene rings is 2. The van der Waals surface area contributed by atoms with Gasteiger partial charge in [-0.05, 0) is 35.2 Å². The van der Waals surface area contributed by atoms with E-state index < -0.39 is 18.4 Å². The number of rotatable bonds is 11. The summed E-state index contributed by atoms with van der Waals surface area (Å²) in [6.45, 7) is 8.59. The molecule has 0 radical (unpaired) electrons. The normalized spacial score (nSPS) is 14.4. The fourth-order valence-electron chi connectivity index (χ4n) is 3.91. The number of halogens is 1. The van der Waals surface area contributed by atoms with Gasteiger partial charge in [-0.15, -0.1) is 0 Å². The molecule has 0 aliphatic heterocycles. The first-order valence-corrected chi connectivity index (χ1v) is 14.7. The van der Waals surface area contributed by atoms with E-state index in [1.807, 2.05) is 43.3 Å². The molecule has 0 bridgehead atoms. The Morgan fingerprint density at radius 2 is 1.53 bits per heavy atom. The molecule has 2 rings (SSSR count). The molecule has 0 spiro atoms. The van der Waals surface area contributed by atoms with E-state index in [1.165, 1.54) is 16.4 Å². The van der Waals surface area contributed by atoms with Gasteiger partial charge < -0.3 is 4.43 Å². The third-order valence-corrected chi connectivity index (χ3v) is 11.1. The Bertz CT molecular complexity index is 931. The van der Waals surface area contributed by atoms with Crippen LogP contribution < -0.4 is 10.4 Å². The van der Waals surface area contributed by atoms with Gasteiger partial charge in [0.05, 0.1) is 18.7 Å². The summed E-state index contributed by atoms with van der Waals surface area (Å²) >= 11 is 0. The van der Waals surface area contributed by atoms with E-state index in [2.05, 4.69) is 49.2 Å². The second-order valence-electron chi connectivity index (χ2n) is 9.10. The van der Waals surface area contributed by atoms with Crippen LogP contribution in [0.4, 0.5) is 4.39 Å². The van der Waals surface area contributed by atoms with Crippen molar-refractivity contribution >= 4 is 28.8 Å². The van der Waals surface area contributed by atoms with Gasteiger partial charge >= 0.3 is 0 Å². The van der Waals surface area contributed by atoms with Crippen molar-refractivity contribution < 1.29 is 21.4 Å². The lowest BCUT2D eigenvalue weighted by molar-refractivity contribution is 0.194. The molecule has 0 fully saturated rings. The molecule has 0 saturated carbocycles. The van der Waals surface area contributed by atoms with Gasteiger partial charge in [-0.1, -0.05) is 87.5 Å². The molecule has 0 saturated heterocycles. The molecule has 0 heterocycles. The van der Waals surface area contributed by atoms with Crippen LogP contribution in [0.3, 0.4) is 0 Å². The first-order valence-electron chi connectivity index (χ1n) is 10.9. The van der Waals surface area contributed by atoms with Crippen molar-refractivity contribution in [1.29, 1.82) is 0 Å². The third-order valence-electron chi connectivity index (χ3n) is 5.37. The lowest BCUT2D eigenvalue weighted by atomic mass is 10.2. The Labute approximate surface area is 193 Å². The molecule has 32 heavy (non-hydrogen) atoms. The summed E-state index contributed by atoms with van der Waals surface area (Å²) in [5.74, 6) is -0.278. The van der Waals surface area contributed by atoms with E-state index in [4.69, 9.17) is 4.43 Å². The molecule has 0 aliphatic rings. The Kier molecular flexibility index (Phi) is 9.39. The Hall–Kier alpha value is -1.80. The fraction of sp³-hybridized carbons (Fsp3) is 0.440. The maximum Gasteiger partial charge on any atom is 0.264 e. The smallest absolute Gasteiger partial charge is 0.264 e. The van der Waals surface area contributed by atoms with E-state index in [9.17, 15) is 12.8 Å². The van der Waals surface area contributed by atoms with Crippen LogP contribution in [0.25, 0.3) is 0 Å². The minimum atomic E-state index is -3.50. The largest absolute Gasteiger partial charge is 0.405 e. The zero-order valence-corrected chi connectivity index (χ0v) is 21.5. The molecule has 0 aromatic heterocycles. The van der Waals surface area contributed by atoms with Crippen molar-refractivity contribution in [2.75, 3.05) is 12.9 Å². The Morgan fingerprint density at radius 3 is 1.97 bits per heavy atom. The zero-order chi connectivity index (χ0) is 23.8. The summed E-state index contributed by atoms with van der Waals surface area (Å²) < 4.78 is 47.9. The molecule has 0 aliphatic carbocycles. The van der Waals surface area contributed by atoms with Crippen LogP contribution in [0.1, 0.15) is 47.0 Å². The summed E-state index contributed by atoms with van der Waals surface area (Å²) in [5.41, 5.74) is 0. The zero-order valence-electron chi connectivity index (χ0n) is 19.7. The summed E-state index contributed by atoms with van der Waals surface area (Å²) in [7, 11) is -6.17. The second kappa shape index (κ2) is 11.4. The number of allylic oxidation sites excluding steroid dienone is 1. The van der Waals surface area contributed by atoms with E-state index in [1.54, 1.807) is 0 Å². The summed E-state index contributed by atoms with van der Waals surface area (Å²) in [4.78, 5) is 0. The maximum atomic E-state index is 14.3. The highest BCUT2D eigenvalue weighted by Crippen LogP contribution is 2.38. The average Bonchev–Trinajstić information content (AvgIpc) is 2.73. The number of hydrogen-bond donors (Lipinski definition) is 0.